The van der Waals surface area contributed by atoms with Crippen molar-refractivity contribution in [1.82, 2.24) is 0 Å². The fourth-order valence-corrected chi connectivity index (χ4v) is 3.92. The molecule has 0 amide bonds. The van der Waals surface area contributed by atoms with Crippen molar-refractivity contribution in [3.05, 3.63) is 46.6 Å². The molecule has 0 fully saturated rings. The molecule has 1 aliphatic carbocycles. The highest BCUT2D eigenvalue weighted by Crippen LogP contribution is 2.53. The van der Waals surface area contributed by atoms with Gasteiger partial charge in [0.1, 0.15) is 22.7 Å². The zero-order chi connectivity index (χ0) is 17.6. The maximum atomic E-state index is 11.7. The molecule has 2 atom stereocenters. The van der Waals surface area contributed by atoms with Gasteiger partial charge in [-0.25, -0.2) is 4.79 Å². The molecule has 1 aliphatic heterocycles. The molecule has 0 saturated carbocycles. The van der Waals surface area contributed by atoms with Crippen molar-refractivity contribution in [2.75, 3.05) is 0 Å². The molecule has 3 rings (SSSR count). The fourth-order valence-electron chi connectivity index (χ4n) is 3.92. The molecule has 1 aromatic carbocycles. The SMILES string of the molecule is CCCc1cc2c(c(O)c1C(=O)O)[C@@H]1C=C(C)C=C[C@H]1C(C)(C)O2. The van der Waals surface area contributed by atoms with Crippen LogP contribution in [0.25, 0.3) is 0 Å². The van der Waals surface area contributed by atoms with Crippen LogP contribution in [0.15, 0.2) is 29.9 Å². The third-order valence-corrected chi connectivity index (χ3v) is 5.02. The zero-order valence-electron chi connectivity index (χ0n) is 14.6. The molecule has 4 heteroatoms. The quantitative estimate of drug-likeness (QED) is 0.861. The number of hydrogen-bond donors (Lipinski definition) is 2. The van der Waals surface area contributed by atoms with E-state index in [0.717, 1.165) is 12.0 Å². The van der Waals surface area contributed by atoms with Gasteiger partial charge < -0.3 is 14.9 Å². The van der Waals surface area contributed by atoms with E-state index in [2.05, 4.69) is 18.2 Å². The molecule has 24 heavy (non-hydrogen) atoms. The van der Waals surface area contributed by atoms with Crippen LogP contribution in [0.1, 0.15) is 61.5 Å². The highest BCUT2D eigenvalue weighted by atomic mass is 16.5. The van der Waals surface area contributed by atoms with Crippen LogP contribution in [0, 0.1) is 5.92 Å². The summed E-state index contributed by atoms with van der Waals surface area (Å²) in [6.45, 7) is 8.07. The molecule has 2 N–H and O–H groups in total. The molecule has 4 nitrogen and oxygen atoms in total. The Morgan fingerprint density at radius 1 is 1.38 bits per heavy atom. The van der Waals surface area contributed by atoms with Crippen LogP contribution >= 0.6 is 0 Å². The number of ether oxygens (including phenoxy) is 1. The second-order valence-corrected chi connectivity index (χ2v) is 7.25. The highest BCUT2D eigenvalue weighted by molar-refractivity contribution is 5.94. The lowest BCUT2D eigenvalue weighted by Gasteiger charge is -2.44. The van der Waals surface area contributed by atoms with E-state index in [1.807, 2.05) is 33.8 Å². The Morgan fingerprint density at radius 3 is 2.71 bits per heavy atom. The molecule has 0 saturated heterocycles. The number of aryl methyl sites for hydroxylation is 1. The molecule has 0 unspecified atom stereocenters. The molecule has 1 aromatic rings. The fraction of sp³-hybridized carbons (Fsp3) is 0.450. The number of aromatic hydroxyl groups is 1. The Hall–Kier alpha value is -2.23. The lowest BCUT2D eigenvalue weighted by molar-refractivity contribution is 0.0384. The normalized spacial score (nSPS) is 23.8. The third kappa shape index (κ3) is 2.50. The highest BCUT2D eigenvalue weighted by Gasteiger charge is 2.44. The Balaban J connectivity index is 2.27. The van der Waals surface area contributed by atoms with Crippen LogP contribution < -0.4 is 4.74 Å². The first-order chi connectivity index (χ1) is 11.3. The number of rotatable bonds is 3. The Bertz CT molecular complexity index is 755. The van der Waals surface area contributed by atoms with Gasteiger partial charge in [-0.15, -0.1) is 0 Å². The largest absolute Gasteiger partial charge is 0.507 e. The first-order valence-electron chi connectivity index (χ1n) is 8.44. The average Bonchev–Trinajstić information content (AvgIpc) is 2.45. The van der Waals surface area contributed by atoms with E-state index in [4.69, 9.17) is 4.74 Å². The minimum Gasteiger partial charge on any atom is -0.507 e. The number of carbonyl (C=O) groups is 1. The van der Waals surface area contributed by atoms with Gasteiger partial charge in [0.15, 0.2) is 0 Å². The maximum Gasteiger partial charge on any atom is 0.339 e. The van der Waals surface area contributed by atoms with E-state index in [1.165, 1.54) is 0 Å². The average molecular weight is 328 g/mol. The predicted molar refractivity (Wildman–Crippen MR) is 92.9 cm³/mol. The smallest absolute Gasteiger partial charge is 0.339 e. The van der Waals surface area contributed by atoms with E-state index in [9.17, 15) is 15.0 Å². The summed E-state index contributed by atoms with van der Waals surface area (Å²) in [5, 5.41) is 20.4. The minimum atomic E-state index is -1.09. The number of fused-ring (bicyclic) bond motifs is 3. The molecule has 128 valence electrons. The van der Waals surface area contributed by atoms with Crippen LogP contribution in [0.5, 0.6) is 11.5 Å². The summed E-state index contributed by atoms with van der Waals surface area (Å²) in [5.41, 5.74) is 1.92. The first-order valence-corrected chi connectivity index (χ1v) is 8.44. The molecule has 2 aliphatic rings. The predicted octanol–water partition coefficient (Wildman–Crippen LogP) is 4.43. The van der Waals surface area contributed by atoms with E-state index in [-0.39, 0.29) is 23.1 Å². The summed E-state index contributed by atoms with van der Waals surface area (Å²) in [7, 11) is 0. The second kappa shape index (κ2) is 5.69. The van der Waals surface area contributed by atoms with Gasteiger partial charge in [-0.2, -0.15) is 0 Å². The van der Waals surface area contributed by atoms with Crippen LogP contribution in [0.4, 0.5) is 0 Å². The zero-order valence-corrected chi connectivity index (χ0v) is 14.6. The Morgan fingerprint density at radius 2 is 2.08 bits per heavy atom. The molecule has 0 bridgehead atoms. The van der Waals surface area contributed by atoms with Crippen molar-refractivity contribution in [3.63, 3.8) is 0 Å². The van der Waals surface area contributed by atoms with E-state index in [0.29, 0.717) is 23.3 Å². The number of carboxylic acid groups (broad SMARTS) is 1. The molecule has 0 aromatic heterocycles. The number of hydrogen-bond acceptors (Lipinski definition) is 3. The third-order valence-electron chi connectivity index (χ3n) is 5.02. The summed E-state index contributed by atoms with van der Waals surface area (Å²) in [6.07, 6.45) is 7.64. The number of benzene rings is 1. The number of allylic oxidation sites excluding steroid dienone is 3. The van der Waals surface area contributed by atoms with Gasteiger partial charge >= 0.3 is 5.97 Å². The molecular formula is C20H24O4. The summed E-state index contributed by atoms with van der Waals surface area (Å²) in [5.74, 6) is -0.659. The van der Waals surface area contributed by atoms with Gasteiger partial charge in [0, 0.05) is 17.4 Å². The monoisotopic (exact) mass is 328 g/mol. The lowest BCUT2D eigenvalue weighted by atomic mass is 9.70. The van der Waals surface area contributed by atoms with Crippen molar-refractivity contribution in [2.45, 2.75) is 52.1 Å². The first kappa shape index (κ1) is 16.6. The van der Waals surface area contributed by atoms with Gasteiger partial charge in [-0.3, -0.25) is 0 Å². The van der Waals surface area contributed by atoms with Crippen molar-refractivity contribution in [2.24, 2.45) is 5.92 Å². The molecule has 0 spiro atoms. The van der Waals surface area contributed by atoms with Gasteiger partial charge in [0.2, 0.25) is 0 Å². The van der Waals surface area contributed by atoms with Crippen LogP contribution in [0.2, 0.25) is 0 Å². The van der Waals surface area contributed by atoms with Gasteiger partial charge in [-0.05, 0) is 38.8 Å². The number of phenols is 1. The van der Waals surface area contributed by atoms with Crippen molar-refractivity contribution < 1.29 is 19.7 Å². The van der Waals surface area contributed by atoms with E-state index in [1.54, 1.807) is 0 Å². The molecular weight excluding hydrogens is 304 g/mol. The number of aromatic carboxylic acids is 1. The van der Waals surface area contributed by atoms with Gasteiger partial charge in [-0.1, -0.05) is 37.1 Å². The van der Waals surface area contributed by atoms with Crippen LogP contribution in [-0.2, 0) is 6.42 Å². The second-order valence-electron chi connectivity index (χ2n) is 7.25. The van der Waals surface area contributed by atoms with E-state index >= 15 is 0 Å². The van der Waals surface area contributed by atoms with Crippen LogP contribution in [0.3, 0.4) is 0 Å². The standard InChI is InChI=1S/C20H24O4/c1-5-6-12-10-15-17(18(21)16(12)19(22)23)13-9-11(2)7-8-14(13)20(3,4)24-15/h7-10,13-14,21H,5-6H2,1-4H3,(H,22,23)/t13-,14-/m1/s1. The summed E-state index contributed by atoms with van der Waals surface area (Å²) >= 11 is 0. The van der Waals surface area contributed by atoms with Crippen molar-refractivity contribution in [3.8, 4) is 11.5 Å². The Kier molecular flexibility index (Phi) is 3.94. The topological polar surface area (TPSA) is 66.8 Å². The Labute approximate surface area is 142 Å². The van der Waals surface area contributed by atoms with Gasteiger partial charge in [0.05, 0.1) is 0 Å². The maximum absolute atomic E-state index is 11.7. The lowest BCUT2D eigenvalue weighted by Crippen LogP contribution is -2.44. The molecule has 1 heterocycles. The minimum absolute atomic E-state index is 0.0123. The van der Waals surface area contributed by atoms with Gasteiger partial charge in [0.25, 0.3) is 0 Å². The van der Waals surface area contributed by atoms with Crippen molar-refractivity contribution in [1.29, 1.82) is 0 Å². The summed E-state index contributed by atoms with van der Waals surface area (Å²) in [6, 6.07) is 1.81. The number of carboxylic acids is 1. The van der Waals surface area contributed by atoms with E-state index < -0.39 is 11.6 Å². The summed E-state index contributed by atoms with van der Waals surface area (Å²) < 4.78 is 6.19. The van der Waals surface area contributed by atoms with Crippen molar-refractivity contribution >= 4 is 5.97 Å². The molecule has 0 radical (unpaired) electrons. The van der Waals surface area contributed by atoms with Crippen LogP contribution in [-0.4, -0.2) is 21.8 Å². The summed E-state index contributed by atoms with van der Waals surface area (Å²) in [4.78, 5) is 11.7.